The number of nitrogens with zero attached hydrogens (tertiary/aromatic N) is 2. The summed E-state index contributed by atoms with van der Waals surface area (Å²) in [5.74, 6) is 0.697. The summed E-state index contributed by atoms with van der Waals surface area (Å²) in [6.45, 7) is 7.36. The number of nitrogens with one attached hydrogen (secondary N) is 1. The number of H-pyrrole nitrogens is 1. The second-order valence-electron chi connectivity index (χ2n) is 8.79. The first kappa shape index (κ1) is 19.1. The molecule has 0 radical (unpaired) electrons. The lowest BCUT2D eigenvalue weighted by Crippen LogP contribution is -2.38. The smallest absolute Gasteiger partial charge is 0.259 e. The van der Waals surface area contributed by atoms with E-state index >= 15 is 0 Å². The summed E-state index contributed by atoms with van der Waals surface area (Å²) in [5, 5.41) is 11.2. The first-order valence-electron chi connectivity index (χ1n) is 9.89. The molecule has 1 fully saturated rings. The predicted molar refractivity (Wildman–Crippen MR) is 107 cm³/mol. The van der Waals surface area contributed by atoms with Gasteiger partial charge in [-0.05, 0) is 58.4 Å². The van der Waals surface area contributed by atoms with Gasteiger partial charge >= 0.3 is 0 Å². The van der Waals surface area contributed by atoms with E-state index in [1.165, 1.54) is 10.4 Å². The fourth-order valence-corrected chi connectivity index (χ4v) is 5.05. The quantitative estimate of drug-likeness (QED) is 0.759. The minimum absolute atomic E-state index is 0.0123. The van der Waals surface area contributed by atoms with Crippen molar-refractivity contribution in [3.63, 3.8) is 0 Å². The van der Waals surface area contributed by atoms with E-state index in [2.05, 4.69) is 9.88 Å². The summed E-state index contributed by atoms with van der Waals surface area (Å²) in [6, 6.07) is 0.462. The Kier molecular flexibility index (Phi) is 5.14. The molecule has 27 heavy (non-hydrogen) atoms. The van der Waals surface area contributed by atoms with Crippen LogP contribution in [-0.2, 0) is 24.1 Å². The van der Waals surface area contributed by atoms with Crippen molar-refractivity contribution in [1.29, 1.82) is 0 Å². The fraction of sp³-hybridized carbons (Fsp3) is 0.700. The lowest BCUT2D eigenvalue weighted by atomic mass is 10.2. The van der Waals surface area contributed by atoms with Gasteiger partial charge in [0.05, 0.1) is 30.2 Å². The van der Waals surface area contributed by atoms with Gasteiger partial charge in [0.2, 0.25) is 0 Å². The van der Waals surface area contributed by atoms with Crippen LogP contribution in [-0.4, -0.2) is 50.9 Å². The topological polar surface area (TPSA) is 78.5 Å². The first-order chi connectivity index (χ1) is 12.8. The molecule has 2 heterocycles. The highest BCUT2D eigenvalue weighted by atomic mass is 32.1. The van der Waals surface area contributed by atoms with Gasteiger partial charge in [-0.25, -0.2) is 4.98 Å². The van der Waals surface area contributed by atoms with Gasteiger partial charge in [-0.15, -0.1) is 11.3 Å². The van der Waals surface area contributed by atoms with Crippen LogP contribution in [0.1, 0.15) is 56.3 Å². The Hall–Kier alpha value is -1.28. The standard InChI is InChI=1S/C20H29N3O3S/c1-20(2,3)26-11-13(24)9-23(12-7-8-12)10-16-21-18(25)17-14-5-4-6-15(14)27-19(17)22-16/h12-13,24H,4-11H2,1-3H3,(H,21,22,25). The minimum Gasteiger partial charge on any atom is -0.389 e. The van der Waals surface area contributed by atoms with Gasteiger partial charge in [0.15, 0.2) is 0 Å². The molecule has 2 N–H and O–H groups in total. The monoisotopic (exact) mass is 391 g/mol. The Morgan fingerprint density at radius 3 is 2.85 bits per heavy atom. The maximum Gasteiger partial charge on any atom is 0.259 e. The summed E-state index contributed by atoms with van der Waals surface area (Å²) in [6.07, 6.45) is 4.92. The van der Waals surface area contributed by atoms with Crippen LogP contribution in [0.4, 0.5) is 0 Å². The fourth-order valence-electron chi connectivity index (χ4n) is 3.77. The Balaban J connectivity index is 1.48. The van der Waals surface area contributed by atoms with Crippen LogP contribution in [0.5, 0.6) is 0 Å². The molecule has 1 unspecified atom stereocenters. The van der Waals surface area contributed by atoms with Crippen LogP contribution in [0, 0.1) is 0 Å². The van der Waals surface area contributed by atoms with E-state index in [-0.39, 0.29) is 11.2 Å². The van der Waals surface area contributed by atoms with Crippen molar-refractivity contribution in [1.82, 2.24) is 14.9 Å². The molecule has 2 aliphatic rings. The molecule has 7 heteroatoms. The van der Waals surface area contributed by atoms with E-state index in [1.807, 2.05) is 20.8 Å². The highest BCUT2D eigenvalue weighted by molar-refractivity contribution is 7.18. The van der Waals surface area contributed by atoms with Crippen LogP contribution >= 0.6 is 11.3 Å². The van der Waals surface area contributed by atoms with Gasteiger partial charge in [-0.1, -0.05) is 0 Å². The van der Waals surface area contributed by atoms with Gasteiger partial charge in [-0.2, -0.15) is 0 Å². The molecule has 0 saturated heterocycles. The number of hydrogen-bond donors (Lipinski definition) is 2. The zero-order valence-electron chi connectivity index (χ0n) is 16.4. The number of aryl methyl sites for hydroxylation is 2. The Labute approximate surface area is 163 Å². The molecule has 6 nitrogen and oxygen atoms in total. The van der Waals surface area contributed by atoms with Crippen molar-refractivity contribution in [3.8, 4) is 0 Å². The summed E-state index contributed by atoms with van der Waals surface area (Å²) >= 11 is 1.67. The van der Waals surface area contributed by atoms with Crippen LogP contribution in [0.25, 0.3) is 10.2 Å². The van der Waals surface area contributed by atoms with E-state index in [9.17, 15) is 9.90 Å². The molecule has 2 aromatic rings. The van der Waals surface area contributed by atoms with Gasteiger partial charge in [0.25, 0.3) is 5.56 Å². The number of aromatic amines is 1. The molecule has 148 valence electrons. The number of aromatic nitrogens is 2. The van der Waals surface area contributed by atoms with Crippen LogP contribution < -0.4 is 5.56 Å². The van der Waals surface area contributed by atoms with Crippen molar-refractivity contribution in [2.45, 2.75) is 77.2 Å². The Bertz CT molecular complexity index is 879. The molecule has 1 saturated carbocycles. The maximum atomic E-state index is 12.6. The van der Waals surface area contributed by atoms with Crippen molar-refractivity contribution in [2.24, 2.45) is 0 Å². The van der Waals surface area contributed by atoms with E-state index in [0.29, 0.717) is 31.6 Å². The average Bonchev–Trinajstić information content (AvgIpc) is 3.22. The SMILES string of the molecule is CC(C)(C)OCC(O)CN(Cc1nc2sc3c(c2c(=O)[nH]1)CCC3)C1CC1. The zero-order chi connectivity index (χ0) is 19.2. The largest absolute Gasteiger partial charge is 0.389 e. The van der Waals surface area contributed by atoms with E-state index < -0.39 is 6.10 Å². The molecule has 1 atom stereocenters. The predicted octanol–water partition coefficient (Wildman–Crippen LogP) is 2.61. The number of rotatable bonds is 7. The molecule has 2 aliphatic carbocycles. The molecule has 4 rings (SSSR count). The summed E-state index contributed by atoms with van der Waals surface area (Å²) in [7, 11) is 0. The summed E-state index contributed by atoms with van der Waals surface area (Å²) in [5.41, 5.74) is 0.939. The summed E-state index contributed by atoms with van der Waals surface area (Å²) in [4.78, 5) is 24.8. The van der Waals surface area contributed by atoms with Gasteiger partial charge in [0.1, 0.15) is 10.7 Å². The molecular formula is C20H29N3O3S. The zero-order valence-corrected chi connectivity index (χ0v) is 17.2. The molecule has 0 aromatic carbocycles. The Morgan fingerprint density at radius 2 is 2.15 bits per heavy atom. The molecule has 0 amide bonds. The van der Waals surface area contributed by atoms with E-state index in [1.54, 1.807) is 11.3 Å². The molecule has 0 aliphatic heterocycles. The van der Waals surface area contributed by atoms with Crippen LogP contribution in [0.15, 0.2) is 4.79 Å². The van der Waals surface area contributed by atoms with Gasteiger partial charge in [0, 0.05) is 17.5 Å². The number of ether oxygens (including phenoxy) is 1. The minimum atomic E-state index is -0.550. The third kappa shape index (κ3) is 4.42. The Morgan fingerprint density at radius 1 is 1.37 bits per heavy atom. The first-order valence-corrected chi connectivity index (χ1v) is 10.7. The van der Waals surface area contributed by atoms with Crippen LogP contribution in [0.2, 0.25) is 0 Å². The maximum absolute atomic E-state index is 12.6. The number of fused-ring (bicyclic) bond motifs is 3. The molecule has 0 spiro atoms. The van der Waals surface area contributed by atoms with Crippen molar-refractivity contribution in [2.75, 3.05) is 13.2 Å². The number of thiophene rings is 1. The number of hydrogen-bond acceptors (Lipinski definition) is 6. The van der Waals surface area contributed by atoms with Gasteiger partial charge in [-0.3, -0.25) is 9.69 Å². The molecular weight excluding hydrogens is 362 g/mol. The third-order valence-electron chi connectivity index (χ3n) is 5.19. The van der Waals surface area contributed by atoms with Crippen molar-refractivity contribution in [3.05, 3.63) is 26.6 Å². The highest BCUT2D eigenvalue weighted by Crippen LogP contribution is 2.35. The molecule has 2 aromatic heterocycles. The van der Waals surface area contributed by atoms with Crippen molar-refractivity contribution < 1.29 is 9.84 Å². The van der Waals surface area contributed by atoms with E-state index in [0.717, 1.165) is 42.3 Å². The van der Waals surface area contributed by atoms with Gasteiger partial charge < -0.3 is 14.8 Å². The normalized spacial score (nSPS) is 18.4. The second-order valence-corrected chi connectivity index (χ2v) is 9.87. The lowest BCUT2D eigenvalue weighted by Gasteiger charge is -2.27. The molecule has 0 bridgehead atoms. The second kappa shape index (κ2) is 7.28. The average molecular weight is 392 g/mol. The number of aliphatic hydroxyl groups is 1. The van der Waals surface area contributed by atoms with Crippen LogP contribution in [0.3, 0.4) is 0 Å². The van der Waals surface area contributed by atoms with Crippen molar-refractivity contribution >= 4 is 21.6 Å². The lowest BCUT2D eigenvalue weighted by molar-refractivity contribution is -0.0574. The number of aliphatic hydroxyl groups excluding tert-OH is 1. The van der Waals surface area contributed by atoms with E-state index in [4.69, 9.17) is 9.72 Å². The highest BCUT2D eigenvalue weighted by Gasteiger charge is 2.31. The summed E-state index contributed by atoms with van der Waals surface area (Å²) < 4.78 is 5.71. The third-order valence-corrected chi connectivity index (χ3v) is 6.38.